The van der Waals surface area contributed by atoms with E-state index in [2.05, 4.69) is 6.92 Å². The van der Waals surface area contributed by atoms with Crippen molar-refractivity contribution in [3.8, 4) is 0 Å². The number of hydrogen-bond donors (Lipinski definition) is 0. The minimum absolute atomic E-state index is 0.184. The van der Waals surface area contributed by atoms with Gasteiger partial charge in [0.1, 0.15) is 0 Å². The van der Waals surface area contributed by atoms with Crippen molar-refractivity contribution in [2.24, 2.45) is 5.92 Å². The van der Waals surface area contributed by atoms with Gasteiger partial charge in [-0.2, -0.15) is 0 Å². The van der Waals surface area contributed by atoms with Gasteiger partial charge in [0.15, 0.2) is 5.78 Å². The van der Waals surface area contributed by atoms with E-state index in [1.165, 1.54) is 25.7 Å². The Morgan fingerprint density at radius 1 is 1.26 bits per heavy atom. The number of Topliss-reactive ketones (excluding diaryl/α,β-unsaturated/α-hetero) is 1. The predicted molar refractivity (Wildman–Crippen MR) is 77.4 cm³/mol. The molecule has 2 heteroatoms. The third-order valence-corrected chi connectivity index (χ3v) is 4.09. The fraction of sp³-hybridized carbons (Fsp3) is 0.588. The van der Waals surface area contributed by atoms with E-state index in [-0.39, 0.29) is 5.78 Å². The molecule has 2 nitrogen and oxygen atoms in total. The van der Waals surface area contributed by atoms with Gasteiger partial charge in [-0.3, -0.25) is 4.79 Å². The van der Waals surface area contributed by atoms with Crippen molar-refractivity contribution in [2.75, 3.05) is 6.61 Å². The van der Waals surface area contributed by atoms with Crippen LogP contribution in [0.15, 0.2) is 30.3 Å². The molecule has 0 spiro atoms. The molecule has 0 aliphatic heterocycles. The maximum absolute atomic E-state index is 11.9. The van der Waals surface area contributed by atoms with Gasteiger partial charge in [0.25, 0.3) is 0 Å². The van der Waals surface area contributed by atoms with Gasteiger partial charge in [0.05, 0.1) is 12.7 Å². The van der Waals surface area contributed by atoms with Crippen LogP contribution in [0, 0.1) is 5.92 Å². The molecule has 0 N–H and O–H groups in total. The summed E-state index contributed by atoms with van der Waals surface area (Å²) < 4.78 is 5.89. The summed E-state index contributed by atoms with van der Waals surface area (Å²) in [7, 11) is 0. The summed E-state index contributed by atoms with van der Waals surface area (Å²) in [5, 5.41) is 0. The summed E-state index contributed by atoms with van der Waals surface area (Å²) in [6, 6.07) is 9.48. The van der Waals surface area contributed by atoms with E-state index < -0.39 is 0 Å². The Kier molecular flexibility index (Phi) is 5.59. The minimum Gasteiger partial charge on any atom is -0.378 e. The van der Waals surface area contributed by atoms with E-state index in [9.17, 15) is 4.79 Å². The number of carbonyl (C=O) groups excluding carboxylic acids is 1. The normalized spacial score (nSPS) is 23.2. The Morgan fingerprint density at radius 2 is 2.05 bits per heavy atom. The molecule has 1 saturated carbocycles. The summed E-state index contributed by atoms with van der Waals surface area (Å²) in [6.45, 7) is 2.82. The molecule has 1 aliphatic carbocycles. The van der Waals surface area contributed by atoms with E-state index in [0.717, 1.165) is 17.9 Å². The second kappa shape index (κ2) is 7.44. The monoisotopic (exact) mass is 260 g/mol. The van der Waals surface area contributed by atoms with E-state index in [1.54, 1.807) is 0 Å². The molecule has 0 aromatic heterocycles. The number of hydrogen-bond acceptors (Lipinski definition) is 2. The molecule has 1 aliphatic rings. The van der Waals surface area contributed by atoms with Gasteiger partial charge >= 0.3 is 0 Å². The van der Waals surface area contributed by atoms with Crippen LogP contribution in [-0.4, -0.2) is 18.5 Å². The van der Waals surface area contributed by atoms with Crippen molar-refractivity contribution < 1.29 is 9.53 Å². The zero-order chi connectivity index (χ0) is 13.5. The lowest BCUT2D eigenvalue weighted by molar-refractivity contribution is 0.0123. The van der Waals surface area contributed by atoms with Gasteiger partial charge in [0.2, 0.25) is 0 Å². The van der Waals surface area contributed by atoms with Crippen LogP contribution in [0.4, 0.5) is 0 Å². The third-order valence-electron chi connectivity index (χ3n) is 4.09. The molecular weight excluding hydrogens is 236 g/mol. The SMILES string of the molecule is CCC1CCCC(OCCC(=O)c2ccccc2)C1. The zero-order valence-electron chi connectivity index (χ0n) is 11.8. The minimum atomic E-state index is 0.184. The van der Waals surface area contributed by atoms with Crippen LogP contribution in [0.2, 0.25) is 0 Å². The van der Waals surface area contributed by atoms with Crippen LogP contribution in [-0.2, 0) is 4.74 Å². The molecule has 0 saturated heterocycles. The molecule has 2 unspecified atom stereocenters. The number of carbonyl (C=O) groups is 1. The highest BCUT2D eigenvalue weighted by Gasteiger charge is 2.21. The van der Waals surface area contributed by atoms with E-state index in [1.807, 2.05) is 30.3 Å². The molecule has 104 valence electrons. The average molecular weight is 260 g/mol. The number of benzene rings is 1. The fourth-order valence-electron chi connectivity index (χ4n) is 2.85. The van der Waals surface area contributed by atoms with Crippen molar-refractivity contribution >= 4 is 5.78 Å². The first-order chi connectivity index (χ1) is 9.29. The van der Waals surface area contributed by atoms with Crippen LogP contribution in [0.5, 0.6) is 0 Å². The predicted octanol–water partition coefficient (Wildman–Crippen LogP) is 4.24. The molecule has 2 rings (SSSR count). The Labute approximate surface area is 116 Å². The van der Waals surface area contributed by atoms with E-state index >= 15 is 0 Å². The molecule has 1 fully saturated rings. The lowest BCUT2D eigenvalue weighted by Gasteiger charge is -2.28. The Bertz CT molecular complexity index is 386. The number of ketones is 1. The molecule has 2 atom stereocenters. The van der Waals surface area contributed by atoms with Gasteiger partial charge in [-0.25, -0.2) is 0 Å². The maximum Gasteiger partial charge on any atom is 0.165 e. The Balaban J connectivity index is 1.70. The van der Waals surface area contributed by atoms with Crippen LogP contribution in [0.25, 0.3) is 0 Å². The smallest absolute Gasteiger partial charge is 0.165 e. The summed E-state index contributed by atoms with van der Waals surface area (Å²) in [6.07, 6.45) is 7.09. The van der Waals surface area contributed by atoms with Crippen LogP contribution in [0.1, 0.15) is 55.8 Å². The third kappa shape index (κ3) is 4.46. The topological polar surface area (TPSA) is 26.3 Å². The van der Waals surface area contributed by atoms with Gasteiger partial charge in [-0.05, 0) is 18.8 Å². The van der Waals surface area contributed by atoms with E-state index in [0.29, 0.717) is 19.1 Å². The van der Waals surface area contributed by atoms with Crippen molar-refractivity contribution in [2.45, 2.75) is 51.6 Å². The molecule has 0 bridgehead atoms. The van der Waals surface area contributed by atoms with Gasteiger partial charge in [0, 0.05) is 12.0 Å². The standard InChI is InChI=1S/C17H24O2/c1-2-14-7-6-10-16(13-14)19-12-11-17(18)15-8-4-3-5-9-15/h3-5,8-9,14,16H,2,6-7,10-13H2,1H3. The quantitative estimate of drug-likeness (QED) is 0.715. The molecule has 0 radical (unpaired) electrons. The van der Waals surface area contributed by atoms with Crippen LogP contribution < -0.4 is 0 Å². The largest absolute Gasteiger partial charge is 0.378 e. The summed E-state index contributed by atoms with van der Waals surface area (Å²) >= 11 is 0. The maximum atomic E-state index is 11.9. The lowest BCUT2D eigenvalue weighted by Crippen LogP contribution is -2.23. The van der Waals surface area contributed by atoms with Crippen molar-refractivity contribution in [1.82, 2.24) is 0 Å². The molecule has 1 aromatic carbocycles. The van der Waals surface area contributed by atoms with Crippen molar-refractivity contribution in [3.05, 3.63) is 35.9 Å². The average Bonchev–Trinajstić information content (AvgIpc) is 2.48. The summed E-state index contributed by atoms with van der Waals surface area (Å²) in [4.78, 5) is 11.9. The van der Waals surface area contributed by atoms with Gasteiger partial charge in [-0.15, -0.1) is 0 Å². The highest BCUT2D eigenvalue weighted by Crippen LogP contribution is 2.28. The summed E-state index contributed by atoms with van der Waals surface area (Å²) in [5.74, 6) is 1.01. The Hall–Kier alpha value is -1.15. The molecule has 19 heavy (non-hydrogen) atoms. The Morgan fingerprint density at radius 3 is 2.79 bits per heavy atom. The molecular formula is C17H24O2. The highest BCUT2D eigenvalue weighted by molar-refractivity contribution is 5.96. The molecule has 0 amide bonds. The van der Waals surface area contributed by atoms with Crippen LogP contribution in [0.3, 0.4) is 0 Å². The zero-order valence-corrected chi connectivity index (χ0v) is 11.8. The van der Waals surface area contributed by atoms with Crippen molar-refractivity contribution in [3.63, 3.8) is 0 Å². The number of ether oxygens (including phenoxy) is 1. The van der Waals surface area contributed by atoms with E-state index in [4.69, 9.17) is 4.74 Å². The first kappa shape index (κ1) is 14.3. The second-order valence-corrected chi connectivity index (χ2v) is 5.47. The van der Waals surface area contributed by atoms with Crippen molar-refractivity contribution in [1.29, 1.82) is 0 Å². The van der Waals surface area contributed by atoms with Gasteiger partial charge in [-0.1, -0.05) is 56.5 Å². The highest BCUT2D eigenvalue weighted by atomic mass is 16.5. The van der Waals surface area contributed by atoms with Crippen LogP contribution >= 0.6 is 0 Å². The second-order valence-electron chi connectivity index (χ2n) is 5.47. The first-order valence-electron chi connectivity index (χ1n) is 7.49. The lowest BCUT2D eigenvalue weighted by atomic mass is 9.85. The molecule has 0 heterocycles. The first-order valence-corrected chi connectivity index (χ1v) is 7.49. The molecule has 1 aromatic rings. The summed E-state index contributed by atoms with van der Waals surface area (Å²) in [5.41, 5.74) is 0.793. The van der Waals surface area contributed by atoms with Gasteiger partial charge < -0.3 is 4.74 Å². The number of rotatable bonds is 6. The fourth-order valence-corrected chi connectivity index (χ4v) is 2.85.